The molecule has 12 heavy (non-hydrogen) atoms. The number of hydrogen-bond acceptors (Lipinski definition) is 2. The summed E-state index contributed by atoms with van der Waals surface area (Å²) in [5.41, 5.74) is 1.10. The number of hydrogen-bond donors (Lipinski definition) is 2. The van der Waals surface area contributed by atoms with Crippen LogP contribution < -0.4 is 0 Å². The molecular weight excluding hydrogens is 152 g/mol. The van der Waals surface area contributed by atoms with E-state index in [0.717, 1.165) is 18.4 Å². The van der Waals surface area contributed by atoms with Crippen LogP contribution in [0.3, 0.4) is 0 Å². The third-order valence-corrected chi connectivity index (χ3v) is 2.13. The highest BCUT2D eigenvalue weighted by atomic mass is 16.3. The minimum atomic E-state index is -0.475. The zero-order chi connectivity index (χ0) is 8.81. The fraction of sp³-hybridized carbons (Fsp3) is 0.600. The SMILES string of the molecule is OCC=CC(O)C1=CCCCC1. The van der Waals surface area contributed by atoms with Crippen molar-refractivity contribution in [1.29, 1.82) is 0 Å². The Balaban J connectivity index is 2.44. The second-order valence-electron chi connectivity index (χ2n) is 3.08. The van der Waals surface area contributed by atoms with Gasteiger partial charge in [0.1, 0.15) is 0 Å². The molecule has 0 heterocycles. The Hall–Kier alpha value is -0.600. The summed E-state index contributed by atoms with van der Waals surface area (Å²) < 4.78 is 0. The van der Waals surface area contributed by atoms with E-state index in [1.54, 1.807) is 12.2 Å². The monoisotopic (exact) mass is 168 g/mol. The third kappa shape index (κ3) is 2.80. The van der Waals surface area contributed by atoms with E-state index in [9.17, 15) is 5.11 Å². The van der Waals surface area contributed by atoms with Crippen molar-refractivity contribution in [1.82, 2.24) is 0 Å². The van der Waals surface area contributed by atoms with Gasteiger partial charge in [-0.25, -0.2) is 0 Å². The lowest BCUT2D eigenvalue weighted by molar-refractivity contribution is 0.249. The van der Waals surface area contributed by atoms with Crippen LogP contribution in [0.25, 0.3) is 0 Å². The second-order valence-corrected chi connectivity index (χ2v) is 3.08. The van der Waals surface area contributed by atoms with Crippen molar-refractivity contribution < 1.29 is 10.2 Å². The van der Waals surface area contributed by atoms with Crippen molar-refractivity contribution in [3.63, 3.8) is 0 Å². The first-order valence-corrected chi connectivity index (χ1v) is 4.49. The lowest BCUT2D eigenvalue weighted by Gasteiger charge is -2.15. The fourth-order valence-corrected chi connectivity index (χ4v) is 1.44. The summed E-state index contributed by atoms with van der Waals surface area (Å²) in [7, 11) is 0. The molecule has 0 aliphatic heterocycles. The largest absolute Gasteiger partial charge is 0.392 e. The lowest BCUT2D eigenvalue weighted by atomic mass is 9.95. The molecule has 0 saturated carbocycles. The molecule has 1 aliphatic rings. The van der Waals surface area contributed by atoms with E-state index in [0.29, 0.717) is 0 Å². The van der Waals surface area contributed by atoms with Gasteiger partial charge < -0.3 is 10.2 Å². The van der Waals surface area contributed by atoms with E-state index in [4.69, 9.17) is 5.11 Å². The van der Waals surface area contributed by atoms with Crippen molar-refractivity contribution >= 4 is 0 Å². The average Bonchev–Trinajstić information content (AvgIpc) is 2.15. The van der Waals surface area contributed by atoms with E-state index in [1.165, 1.54) is 12.8 Å². The molecule has 1 rings (SSSR count). The van der Waals surface area contributed by atoms with Gasteiger partial charge in [0.15, 0.2) is 0 Å². The van der Waals surface area contributed by atoms with Crippen molar-refractivity contribution in [3.8, 4) is 0 Å². The summed E-state index contributed by atoms with van der Waals surface area (Å²) in [6.45, 7) is 0.00431. The number of rotatable bonds is 3. The maximum Gasteiger partial charge on any atom is 0.0932 e. The van der Waals surface area contributed by atoms with E-state index in [1.807, 2.05) is 0 Å². The Morgan fingerprint density at radius 3 is 2.92 bits per heavy atom. The van der Waals surface area contributed by atoms with Gasteiger partial charge in [-0.15, -0.1) is 0 Å². The van der Waals surface area contributed by atoms with E-state index in [-0.39, 0.29) is 6.61 Å². The molecule has 0 aromatic rings. The molecular formula is C10H16O2. The molecule has 1 aliphatic carbocycles. The van der Waals surface area contributed by atoms with Crippen LogP contribution in [-0.4, -0.2) is 22.9 Å². The zero-order valence-corrected chi connectivity index (χ0v) is 7.24. The van der Waals surface area contributed by atoms with Crippen LogP contribution in [0.5, 0.6) is 0 Å². The Morgan fingerprint density at radius 1 is 1.50 bits per heavy atom. The molecule has 0 aromatic carbocycles. The lowest BCUT2D eigenvalue weighted by Crippen LogP contribution is -2.09. The minimum Gasteiger partial charge on any atom is -0.392 e. The molecule has 0 aromatic heterocycles. The Labute approximate surface area is 73.2 Å². The van der Waals surface area contributed by atoms with Crippen LogP contribution in [0, 0.1) is 0 Å². The van der Waals surface area contributed by atoms with Crippen LogP contribution in [0.2, 0.25) is 0 Å². The first-order chi connectivity index (χ1) is 5.84. The summed E-state index contributed by atoms with van der Waals surface area (Å²) in [5, 5.41) is 18.0. The molecule has 0 spiro atoms. The summed E-state index contributed by atoms with van der Waals surface area (Å²) >= 11 is 0. The van der Waals surface area contributed by atoms with Gasteiger partial charge >= 0.3 is 0 Å². The average molecular weight is 168 g/mol. The Bertz CT molecular complexity index is 182. The van der Waals surface area contributed by atoms with Crippen LogP contribution in [0.4, 0.5) is 0 Å². The Morgan fingerprint density at radius 2 is 2.33 bits per heavy atom. The zero-order valence-electron chi connectivity index (χ0n) is 7.24. The predicted octanol–water partition coefficient (Wildman–Crippen LogP) is 1.40. The number of aliphatic hydroxyl groups is 2. The van der Waals surface area contributed by atoms with Gasteiger partial charge in [0.25, 0.3) is 0 Å². The number of aliphatic hydroxyl groups excluding tert-OH is 2. The van der Waals surface area contributed by atoms with Gasteiger partial charge in [0, 0.05) is 0 Å². The molecule has 0 radical (unpaired) electrons. The van der Waals surface area contributed by atoms with Crippen molar-refractivity contribution in [2.75, 3.05) is 6.61 Å². The quantitative estimate of drug-likeness (QED) is 0.625. The molecule has 2 nitrogen and oxygen atoms in total. The van der Waals surface area contributed by atoms with Crippen LogP contribution in [0.15, 0.2) is 23.8 Å². The second kappa shape index (κ2) is 5.12. The van der Waals surface area contributed by atoms with Gasteiger partial charge in [-0.2, -0.15) is 0 Å². The van der Waals surface area contributed by atoms with Crippen molar-refractivity contribution in [2.45, 2.75) is 31.8 Å². The van der Waals surface area contributed by atoms with Crippen molar-refractivity contribution in [3.05, 3.63) is 23.8 Å². The fourth-order valence-electron chi connectivity index (χ4n) is 1.44. The van der Waals surface area contributed by atoms with Gasteiger partial charge in [-0.05, 0) is 31.3 Å². The number of allylic oxidation sites excluding steroid dienone is 1. The molecule has 0 bridgehead atoms. The van der Waals surface area contributed by atoms with Crippen LogP contribution in [0.1, 0.15) is 25.7 Å². The molecule has 0 amide bonds. The first kappa shape index (κ1) is 9.49. The predicted molar refractivity (Wildman–Crippen MR) is 48.8 cm³/mol. The first-order valence-electron chi connectivity index (χ1n) is 4.49. The minimum absolute atomic E-state index is 0.00431. The molecule has 68 valence electrons. The van der Waals surface area contributed by atoms with Crippen molar-refractivity contribution in [2.24, 2.45) is 0 Å². The molecule has 1 atom stereocenters. The van der Waals surface area contributed by atoms with Gasteiger partial charge in [0.2, 0.25) is 0 Å². The summed E-state index contributed by atoms with van der Waals surface area (Å²) in [6, 6.07) is 0. The maximum absolute atomic E-state index is 9.54. The topological polar surface area (TPSA) is 40.5 Å². The summed E-state index contributed by atoms with van der Waals surface area (Å²) in [6.07, 6.45) is 9.36. The third-order valence-electron chi connectivity index (χ3n) is 2.13. The van der Waals surface area contributed by atoms with Crippen LogP contribution in [-0.2, 0) is 0 Å². The highest BCUT2D eigenvalue weighted by Gasteiger charge is 2.09. The van der Waals surface area contributed by atoms with Crippen LogP contribution >= 0.6 is 0 Å². The van der Waals surface area contributed by atoms with E-state index >= 15 is 0 Å². The molecule has 0 fully saturated rings. The maximum atomic E-state index is 9.54. The van der Waals surface area contributed by atoms with Gasteiger partial charge in [-0.3, -0.25) is 0 Å². The smallest absolute Gasteiger partial charge is 0.0932 e. The molecule has 1 unspecified atom stereocenters. The highest BCUT2D eigenvalue weighted by Crippen LogP contribution is 2.20. The van der Waals surface area contributed by atoms with Gasteiger partial charge in [0.05, 0.1) is 12.7 Å². The normalized spacial score (nSPS) is 21.0. The van der Waals surface area contributed by atoms with Gasteiger partial charge in [-0.1, -0.05) is 18.2 Å². The highest BCUT2D eigenvalue weighted by molar-refractivity contribution is 5.16. The molecule has 2 heteroatoms. The van der Waals surface area contributed by atoms with E-state index < -0.39 is 6.10 Å². The standard InChI is InChI=1S/C10H16O2/c11-8-4-7-10(12)9-5-2-1-3-6-9/h4-5,7,10-12H,1-3,6,8H2. The summed E-state index contributed by atoms with van der Waals surface area (Å²) in [4.78, 5) is 0. The van der Waals surface area contributed by atoms with E-state index in [2.05, 4.69) is 6.08 Å². The molecule has 2 N–H and O–H groups in total. The molecule has 0 saturated heterocycles. The summed E-state index contributed by atoms with van der Waals surface area (Å²) in [5.74, 6) is 0. The Kier molecular flexibility index (Phi) is 4.05.